The molecule has 0 bridgehead atoms. The lowest BCUT2D eigenvalue weighted by atomic mass is 10.3. The van der Waals surface area contributed by atoms with Crippen LogP contribution in [-0.2, 0) is 0 Å². The molecule has 2 amide bonds. The van der Waals surface area contributed by atoms with E-state index in [-0.39, 0.29) is 6.03 Å². The van der Waals surface area contributed by atoms with E-state index in [0.29, 0.717) is 5.02 Å². The molecule has 1 aliphatic heterocycles. The van der Waals surface area contributed by atoms with Gasteiger partial charge < -0.3 is 15.1 Å². The van der Waals surface area contributed by atoms with Crippen LogP contribution in [0, 0.1) is 0 Å². The van der Waals surface area contributed by atoms with Crippen LogP contribution in [0.5, 0.6) is 0 Å². The number of amides is 2. The van der Waals surface area contributed by atoms with Crippen LogP contribution in [0.1, 0.15) is 6.92 Å². The second-order valence-corrected chi connectivity index (χ2v) is 4.96. The highest BCUT2D eigenvalue weighted by molar-refractivity contribution is 6.30. The number of carbonyl (C=O) groups is 1. The zero-order valence-electron chi connectivity index (χ0n) is 10.6. The lowest BCUT2D eigenvalue weighted by molar-refractivity contribution is -0.902. The van der Waals surface area contributed by atoms with E-state index in [4.69, 9.17) is 11.6 Å². The van der Waals surface area contributed by atoms with E-state index < -0.39 is 0 Å². The normalized spacial score (nSPS) is 16.7. The summed E-state index contributed by atoms with van der Waals surface area (Å²) in [6, 6.07) is 7.15. The van der Waals surface area contributed by atoms with E-state index in [1.165, 1.54) is 0 Å². The highest BCUT2D eigenvalue weighted by Crippen LogP contribution is 2.13. The van der Waals surface area contributed by atoms with Crippen molar-refractivity contribution in [1.82, 2.24) is 4.90 Å². The van der Waals surface area contributed by atoms with Gasteiger partial charge in [-0.05, 0) is 31.2 Å². The Morgan fingerprint density at radius 1 is 1.33 bits per heavy atom. The van der Waals surface area contributed by atoms with Crippen LogP contribution in [0.15, 0.2) is 24.3 Å². The molecule has 0 aromatic heterocycles. The van der Waals surface area contributed by atoms with Gasteiger partial charge in [0.25, 0.3) is 0 Å². The zero-order chi connectivity index (χ0) is 13.0. The van der Waals surface area contributed by atoms with Gasteiger partial charge in [0.05, 0.1) is 32.7 Å². The predicted octanol–water partition coefficient (Wildman–Crippen LogP) is 1.09. The average Bonchev–Trinajstić information content (AvgIpc) is 2.41. The Hall–Kier alpha value is -1.26. The first-order valence-corrected chi connectivity index (χ1v) is 6.72. The number of benzene rings is 1. The minimum atomic E-state index is -0.0209. The van der Waals surface area contributed by atoms with Crippen molar-refractivity contribution in [1.29, 1.82) is 0 Å². The van der Waals surface area contributed by atoms with Crippen LogP contribution >= 0.6 is 11.6 Å². The SMILES string of the molecule is CC[NH+]1CCN(C(=O)Nc2ccc(Cl)cc2)CC1. The van der Waals surface area contributed by atoms with Crippen LogP contribution in [0.25, 0.3) is 0 Å². The van der Waals surface area contributed by atoms with Crippen LogP contribution in [-0.4, -0.2) is 43.7 Å². The molecule has 2 N–H and O–H groups in total. The van der Waals surface area contributed by atoms with Gasteiger partial charge in [-0.2, -0.15) is 0 Å². The fraction of sp³-hybridized carbons (Fsp3) is 0.462. The van der Waals surface area contributed by atoms with E-state index in [1.54, 1.807) is 17.0 Å². The minimum absolute atomic E-state index is 0.0209. The molecule has 1 heterocycles. The third-order valence-corrected chi connectivity index (χ3v) is 3.61. The smallest absolute Gasteiger partial charge is 0.322 e. The maximum absolute atomic E-state index is 12.0. The standard InChI is InChI=1S/C13H18ClN3O/c1-2-16-7-9-17(10-8-16)13(18)15-12-5-3-11(14)4-6-12/h3-6H,2,7-10H2,1H3,(H,15,18)/p+1. The van der Waals surface area contributed by atoms with Gasteiger partial charge in [0.1, 0.15) is 0 Å². The molecule has 0 saturated carbocycles. The third kappa shape index (κ3) is 3.37. The third-order valence-electron chi connectivity index (χ3n) is 3.35. The molecule has 5 heteroatoms. The van der Waals surface area contributed by atoms with Crippen LogP contribution in [0.4, 0.5) is 10.5 Å². The van der Waals surface area contributed by atoms with Gasteiger partial charge in [-0.15, -0.1) is 0 Å². The highest BCUT2D eigenvalue weighted by Gasteiger charge is 2.22. The van der Waals surface area contributed by atoms with Crippen molar-refractivity contribution < 1.29 is 9.69 Å². The molecule has 4 nitrogen and oxygen atoms in total. The van der Waals surface area contributed by atoms with Crippen molar-refractivity contribution in [2.24, 2.45) is 0 Å². The van der Waals surface area contributed by atoms with Gasteiger partial charge in [-0.25, -0.2) is 4.79 Å². The molecule has 1 fully saturated rings. The molecule has 2 rings (SSSR count). The maximum atomic E-state index is 12.0. The number of anilines is 1. The lowest BCUT2D eigenvalue weighted by Gasteiger charge is -2.31. The second-order valence-electron chi connectivity index (χ2n) is 4.53. The van der Waals surface area contributed by atoms with E-state index in [0.717, 1.165) is 38.4 Å². The number of carbonyl (C=O) groups excluding carboxylic acids is 1. The molecule has 98 valence electrons. The number of nitrogens with zero attached hydrogens (tertiary/aromatic N) is 1. The summed E-state index contributed by atoms with van der Waals surface area (Å²) >= 11 is 5.80. The Balaban J connectivity index is 1.87. The fourth-order valence-electron chi connectivity index (χ4n) is 2.12. The van der Waals surface area contributed by atoms with E-state index in [9.17, 15) is 4.79 Å². The largest absolute Gasteiger partial charge is 0.332 e. The average molecular weight is 269 g/mol. The Morgan fingerprint density at radius 2 is 1.94 bits per heavy atom. The Labute approximate surface area is 113 Å². The number of urea groups is 1. The molecule has 1 aliphatic rings. The Kier molecular flexibility index (Phi) is 4.44. The van der Waals surface area contributed by atoms with Crippen molar-refractivity contribution in [3.05, 3.63) is 29.3 Å². The Morgan fingerprint density at radius 3 is 2.50 bits per heavy atom. The highest BCUT2D eigenvalue weighted by atomic mass is 35.5. The number of hydrogen-bond donors (Lipinski definition) is 2. The van der Waals surface area contributed by atoms with Gasteiger partial charge >= 0.3 is 6.03 Å². The van der Waals surface area contributed by atoms with Crippen molar-refractivity contribution in [2.45, 2.75) is 6.92 Å². The Bertz CT molecular complexity index is 399. The number of hydrogen-bond acceptors (Lipinski definition) is 1. The summed E-state index contributed by atoms with van der Waals surface area (Å²) in [6.07, 6.45) is 0. The molecule has 1 saturated heterocycles. The minimum Gasteiger partial charge on any atom is -0.332 e. The molecule has 0 aliphatic carbocycles. The van der Waals surface area contributed by atoms with Crippen LogP contribution in [0.2, 0.25) is 5.02 Å². The van der Waals surface area contributed by atoms with E-state index >= 15 is 0 Å². The zero-order valence-corrected chi connectivity index (χ0v) is 11.3. The molecule has 0 spiro atoms. The number of rotatable bonds is 2. The quantitative estimate of drug-likeness (QED) is 0.828. The van der Waals surface area contributed by atoms with Gasteiger partial charge in [0, 0.05) is 10.7 Å². The summed E-state index contributed by atoms with van der Waals surface area (Å²) in [5.41, 5.74) is 0.787. The fourth-order valence-corrected chi connectivity index (χ4v) is 2.24. The maximum Gasteiger partial charge on any atom is 0.322 e. The first kappa shape index (κ1) is 13.2. The van der Waals surface area contributed by atoms with Crippen molar-refractivity contribution in [2.75, 3.05) is 38.0 Å². The van der Waals surface area contributed by atoms with Crippen molar-refractivity contribution in [3.8, 4) is 0 Å². The summed E-state index contributed by atoms with van der Waals surface area (Å²) < 4.78 is 0. The number of quaternary nitrogens is 1. The first-order valence-electron chi connectivity index (χ1n) is 6.34. The van der Waals surface area contributed by atoms with E-state index in [1.807, 2.05) is 17.0 Å². The molecule has 0 unspecified atom stereocenters. The van der Waals surface area contributed by atoms with Gasteiger partial charge in [-0.3, -0.25) is 0 Å². The number of likely N-dealkylation sites (N-methyl/N-ethyl adjacent to an activating group) is 1. The second kappa shape index (κ2) is 6.07. The summed E-state index contributed by atoms with van der Waals surface area (Å²) in [5, 5.41) is 3.57. The first-order chi connectivity index (χ1) is 8.69. The molecule has 18 heavy (non-hydrogen) atoms. The molecule has 0 atom stereocenters. The number of piperazine rings is 1. The molecule has 0 radical (unpaired) electrons. The number of halogens is 1. The predicted molar refractivity (Wildman–Crippen MR) is 73.3 cm³/mol. The van der Waals surface area contributed by atoms with Gasteiger partial charge in [0.2, 0.25) is 0 Å². The molecular weight excluding hydrogens is 250 g/mol. The van der Waals surface area contributed by atoms with Crippen LogP contribution in [0.3, 0.4) is 0 Å². The van der Waals surface area contributed by atoms with E-state index in [2.05, 4.69) is 12.2 Å². The van der Waals surface area contributed by atoms with Crippen molar-refractivity contribution in [3.63, 3.8) is 0 Å². The topological polar surface area (TPSA) is 36.8 Å². The monoisotopic (exact) mass is 268 g/mol. The van der Waals surface area contributed by atoms with Gasteiger partial charge in [0.15, 0.2) is 0 Å². The summed E-state index contributed by atoms with van der Waals surface area (Å²) in [7, 11) is 0. The summed E-state index contributed by atoms with van der Waals surface area (Å²) in [4.78, 5) is 15.4. The lowest BCUT2D eigenvalue weighted by Crippen LogP contribution is -3.14. The van der Waals surface area contributed by atoms with Gasteiger partial charge in [-0.1, -0.05) is 11.6 Å². The molecule has 1 aromatic carbocycles. The summed E-state index contributed by atoms with van der Waals surface area (Å²) in [6.45, 7) is 7.02. The molecule has 1 aromatic rings. The summed E-state index contributed by atoms with van der Waals surface area (Å²) in [5.74, 6) is 0. The van der Waals surface area contributed by atoms with Crippen molar-refractivity contribution >= 4 is 23.3 Å². The van der Waals surface area contributed by atoms with Crippen LogP contribution < -0.4 is 10.2 Å². The molecular formula is C13H19ClN3O+. The number of nitrogens with one attached hydrogen (secondary N) is 2.